The van der Waals surface area contributed by atoms with Crippen LogP contribution >= 0.6 is 0 Å². The van der Waals surface area contributed by atoms with Crippen molar-refractivity contribution in [3.63, 3.8) is 0 Å². The summed E-state index contributed by atoms with van der Waals surface area (Å²) < 4.78 is 0. The lowest BCUT2D eigenvalue weighted by atomic mass is 9.45. The van der Waals surface area contributed by atoms with Gasteiger partial charge in [0.2, 0.25) is 0 Å². The summed E-state index contributed by atoms with van der Waals surface area (Å²) in [5.74, 6) is 1.10. The van der Waals surface area contributed by atoms with Gasteiger partial charge in [0.25, 0.3) is 0 Å². The first-order valence-electron chi connectivity index (χ1n) is 10.4. The number of carbonyl (C=O) groups is 2. The van der Waals surface area contributed by atoms with Crippen molar-refractivity contribution in [2.75, 3.05) is 6.61 Å². The zero-order valence-electron chi connectivity index (χ0n) is 16.8. The molecular weight excluding hydrogens is 340 g/mol. The summed E-state index contributed by atoms with van der Waals surface area (Å²) in [6.07, 6.45) is 7.50. The van der Waals surface area contributed by atoms with E-state index in [2.05, 4.69) is 27.7 Å². The minimum atomic E-state index is -0.505. The van der Waals surface area contributed by atoms with E-state index in [1.54, 1.807) is 12.2 Å². The van der Waals surface area contributed by atoms with E-state index in [9.17, 15) is 19.8 Å². The van der Waals surface area contributed by atoms with Gasteiger partial charge in [0, 0.05) is 17.3 Å². The summed E-state index contributed by atoms with van der Waals surface area (Å²) in [4.78, 5) is 24.5. The number of aliphatic hydroxyl groups is 2. The topological polar surface area (TPSA) is 74.6 Å². The quantitative estimate of drug-likeness (QED) is 0.782. The molecule has 0 bridgehead atoms. The number of aliphatic hydroxyl groups excluding tert-OH is 2. The second kappa shape index (κ2) is 6.12. The Labute approximate surface area is 161 Å². The third kappa shape index (κ3) is 2.49. The average molecular weight is 373 g/mol. The predicted octanol–water partition coefficient (Wildman–Crippen LogP) is 2.93. The molecule has 0 aliphatic heterocycles. The first kappa shape index (κ1) is 19.1. The Morgan fingerprint density at radius 1 is 1.26 bits per heavy atom. The van der Waals surface area contributed by atoms with E-state index in [-0.39, 0.29) is 40.2 Å². The molecule has 27 heavy (non-hydrogen) atoms. The second-order valence-corrected chi connectivity index (χ2v) is 10.1. The van der Waals surface area contributed by atoms with E-state index in [1.807, 2.05) is 6.08 Å². The molecule has 0 amide bonds. The largest absolute Gasteiger partial charge is 0.393 e. The first-order valence-corrected chi connectivity index (χ1v) is 10.4. The Morgan fingerprint density at radius 3 is 2.63 bits per heavy atom. The van der Waals surface area contributed by atoms with Crippen molar-refractivity contribution in [2.24, 2.45) is 46.3 Å². The Bertz CT molecular complexity index is 737. The molecule has 4 nitrogen and oxygen atoms in total. The van der Waals surface area contributed by atoms with Crippen LogP contribution in [0.5, 0.6) is 0 Å². The number of hydrogen-bond acceptors (Lipinski definition) is 4. The maximum absolute atomic E-state index is 12.6. The normalized spacial score (nSPS) is 51.3. The minimum absolute atomic E-state index is 0.0472. The summed E-state index contributed by atoms with van der Waals surface area (Å²) in [7, 11) is 0. The molecule has 4 rings (SSSR count). The van der Waals surface area contributed by atoms with Gasteiger partial charge < -0.3 is 10.2 Å². The Hall–Kier alpha value is -1.26. The number of carbonyl (C=O) groups excluding carboxylic acids is 2. The van der Waals surface area contributed by atoms with Crippen molar-refractivity contribution in [3.8, 4) is 0 Å². The van der Waals surface area contributed by atoms with Gasteiger partial charge in [0.15, 0.2) is 11.6 Å². The molecule has 0 aromatic rings. The van der Waals surface area contributed by atoms with Gasteiger partial charge in [-0.2, -0.15) is 0 Å². The van der Waals surface area contributed by atoms with Crippen LogP contribution in [0.3, 0.4) is 0 Å². The predicted molar refractivity (Wildman–Crippen MR) is 103 cm³/mol. The Morgan fingerprint density at radius 2 is 1.96 bits per heavy atom. The van der Waals surface area contributed by atoms with Crippen molar-refractivity contribution in [2.45, 2.75) is 53.1 Å². The molecule has 9 atom stereocenters. The van der Waals surface area contributed by atoms with Crippen LogP contribution in [0.2, 0.25) is 0 Å². The summed E-state index contributed by atoms with van der Waals surface area (Å²) in [6.45, 7) is 8.25. The molecule has 148 valence electrons. The van der Waals surface area contributed by atoms with Crippen LogP contribution in [0.1, 0.15) is 47.0 Å². The zero-order valence-corrected chi connectivity index (χ0v) is 16.8. The van der Waals surface area contributed by atoms with Crippen LogP contribution in [0.25, 0.3) is 0 Å². The lowest BCUT2D eigenvalue weighted by molar-refractivity contribution is -0.144. The number of rotatable bonds is 2. The third-order valence-corrected chi connectivity index (χ3v) is 8.66. The van der Waals surface area contributed by atoms with E-state index in [1.165, 1.54) is 0 Å². The monoisotopic (exact) mass is 372 g/mol. The van der Waals surface area contributed by atoms with E-state index in [4.69, 9.17) is 0 Å². The average Bonchev–Trinajstić information content (AvgIpc) is 2.85. The molecule has 3 saturated carbocycles. The van der Waals surface area contributed by atoms with Crippen LogP contribution in [0, 0.1) is 46.3 Å². The highest BCUT2D eigenvalue weighted by atomic mass is 16.3. The zero-order chi connectivity index (χ0) is 19.7. The summed E-state index contributed by atoms with van der Waals surface area (Å²) >= 11 is 0. The molecular formula is C23H32O4. The molecule has 0 spiro atoms. The fourth-order valence-corrected chi connectivity index (χ4v) is 7.90. The molecule has 3 fully saturated rings. The van der Waals surface area contributed by atoms with Gasteiger partial charge in [0.1, 0.15) is 6.61 Å². The number of ketones is 2. The maximum Gasteiger partial charge on any atom is 0.178 e. The van der Waals surface area contributed by atoms with E-state index in [0.29, 0.717) is 24.2 Å². The van der Waals surface area contributed by atoms with E-state index < -0.39 is 12.7 Å². The van der Waals surface area contributed by atoms with Gasteiger partial charge in [-0.05, 0) is 60.5 Å². The lowest BCUT2D eigenvalue weighted by Gasteiger charge is -2.60. The van der Waals surface area contributed by atoms with Crippen molar-refractivity contribution in [1.82, 2.24) is 0 Å². The van der Waals surface area contributed by atoms with Crippen LogP contribution in [-0.2, 0) is 9.59 Å². The van der Waals surface area contributed by atoms with Crippen molar-refractivity contribution >= 4 is 11.6 Å². The van der Waals surface area contributed by atoms with Crippen molar-refractivity contribution in [1.29, 1.82) is 0 Å². The van der Waals surface area contributed by atoms with Crippen LogP contribution in [-0.4, -0.2) is 34.5 Å². The van der Waals surface area contributed by atoms with Gasteiger partial charge in [-0.3, -0.25) is 9.59 Å². The third-order valence-electron chi connectivity index (χ3n) is 8.66. The highest BCUT2D eigenvalue weighted by molar-refractivity contribution is 6.01. The Kier molecular flexibility index (Phi) is 4.32. The van der Waals surface area contributed by atoms with Crippen LogP contribution < -0.4 is 0 Å². The summed E-state index contributed by atoms with van der Waals surface area (Å²) in [5.41, 5.74) is 0.609. The van der Waals surface area contributed by atoms with Crippen molar-refractivity contribution in [3.05, 3.63) is 23.8 Å². The van der Waals surface area contributed by atoms with E-state index >= 15 is 0 Å². The van der Waals surface area contributed by atoms with Crippen LogP contribution in [0.15, 0.2) is 23.8 Å². The molecule has 0 heterocycles. The van der Waals surface area contributed by atoms with Crippen molar-refractivity contribution < 1.29 is 19.8 Å². The van der Waals surface area contributed by atoms with Gasteiger partial charge in [-0.15, -0.1) is 0 Å². The SMILES string of the molecule is CC1C[C@H]2[C@@H]3CC(C)[C@H](C(=O)CO)[C@@]3(C)CC(O)[C@@H]2[C@@]2(C)C=CC(=O)C=C12. The summed E-state index contributed by atoms with van der Waals surface area (Å²) in [5, 5.41) is 20.8. The van der Waals surface area contributed by atoms with E-state index in [0.717, 1.165) is 18.4 Å². The molecule has 0 aromatic heterocycles. The molecule has 4 aliphatic rings. The number of hydrogen-bond donors (Lipinski definition) is 2. The molecule has 0 saturated heterocycles. The molecule has 2 N–H and O–H groups in total. The van der Waals surface area contributed by atoms with Crippen LogP contribution in [0.4, 0.5) is 0 Å². The highest BCUT2D eigenvalue weighted by Gasteiger charge is 2.64. The smallest absolute Gasteiger partial charge is 0.178 e. The number of allylic oxidation sites excluding steroid dienone is 4. The molecule has 3 unspecified atom stereocenters. The maximum atomic E-state index is 12.6. The highest BCUT2D eigenvalue weighted by Crippen LogP contribution is 2.67. The van der Waals surface area contributed by atoms with Gasteiger partial charge >= 0.3 is 0 Å². The Balaban J connectivity index is 1.77. The second-order valence-electron chi connectivity index (χ2n) is 10.1. The van der Waals surface area contributed by atoms with Gasteiger partial charge in [0.05, 0.1) is 6.10 Å². The summed E-state index contributed by atoms with van der Waals surface area (Å²) in [6, 6.07) is 0. The lowest BCUT2D eigenvalue weighted by Crippen LogP contribution is -2.57. The molecule has 4 heteroatoms. The number of Topliss-reactive ketones (excluding diaryl/α,β-unsaturated/α-hetero) is 1. The molecule has 4 aliphatic carbocycles. The number of fused-ring (bicyclic) bond motifs is 5. The first-order chi connectivity index (χ1) is 12.6. The fraction of sp³-hybridized carbons (Fsp3) is 0.739. The molecule has 0 aromatic carbocycles. The molecule has 0 radical (unpaired) electrons. The fourth-order valence-electron chi connectivity index (χ4n) is 7.90. The van der Waals surface area contributed by atoms with Gasteiger partial charge in [-0.1, -0.05) is 39.3 Å². The minimum Gasteiger partial charge on any atom is -0.393 e. The van der Waals surface area contributed by atoms with Gasteiger partial charge in [-0.25, -0.2) is 0 Å². The standard InChI is InChI=1S/C23H32O4/c1-12-7-15-17-8-13(2)20(19(27)11-24)23(17,4)10-18(26)21(15)22(3)6-5-14(25)9-16(12)22/h5-6,9,12-13,15,17-18,20-21,24,26H,7-8,10-11H2,1-4H3/t12?,13?,15-,17-,18?,20+,21+,22-,23-/m0/s1.